The first kappa shape index (κ1) is 15.6. The third-order valence-electron chi connectivity index (χ3n) is 5.07. The van der Waals surface area contributed by atoms with Gasteiger partial charge < -0.3 is 9.84 Å². The van der Waals surface area contributed by atoms with Crippen LogP contribution in [0.25, 0.3) is 0 Å². The fraction of sp³-hybridized carbons (Fsp3) is 0.333. The average molecular weight is 355 g/mol. The second kappa shape index (κ2) is 5.06. The lowest BCUT2D eigenvalue weighted by Crippen LogP contribution is -2.48. The Kier molecular flexibility index (Phi) is 3.29. The van der Waals surface area contributed by atoms with Crippen LogP contribution >= 0.6 is 11.6 Å². The normalized spacial score (nSPS) is 27.2. The molecule has 1 saturated carbocycles. The maximum Gasteiger partial charge on any atom is 0.251 e. The van der Waals surface area contributed by atoms with Gasteiger partial charge in [0.05, 0.1) is 5.41 Å². The van der Waals surface area contributed by atoms with E-state index in [-0.39, 0.29) is 12.8 Å². The van der Waals surface area contributed by atoms with Crippen molar-refractivity contribution in [1.29, 1.82) is 0 Å². The van der Waals surface area contributed by atoms with Crippen molar-refractivity contribution in [3.63, 3.8) is 0 Å². The highest BCUT2D eigenvalue weighted by atomic mass is 35.5. The molecule has 1 fully saturated rings. The Labute approximate surface area is 141 Å². The Balaban J connectivity index is 1.96. The fourth-order valence-corrected chi connectivity index (χ4v) is 4.30. The zero-order valence-electron chi connectivity index (χ0n) is 12.5. The summed E-state index contributed by atoms with van der Waals surface area (Å²) in [6.45, 7) is 0. The molecule has 0 aromatic heterocycles. The van der Waals surface area contributed by atoms with E-state index in [1.807, 2.05) is 0 Å². The van der Waals surface area contributed by atoms with Crippen LogP contribution in [-0.2, 0) is 5.41 Å². The largest absolute Gasteiger partial charge is 0.505 e. The number of alkyl halides is 2. The number of halogens is 4. The van der Waals surface area contributed by atoms with Crippen LogP contribution in [0.3, 0.4) is 0 Å². The molecule has 1 heterocycles. The van der Waals surface area contributed by atoms with Crippen LogP contribution in [0.2, 0.25) is 5.02 Å². The molecule has 126 valence electrons. The molecule has 2 aromatic rings. The third kappa shape index (κ3) is 2.10. The van der Waals surface area contributed by atoms with E-state index in [4.69, 9.17) is 16.3 Å². The van der Waals surface area contributed by atoms with Crippen molar-refractivity contribution in [2.24, 2.45) is 0 Å². The molecule has 2 atom stereocenters. The minimum Gasteiger partial charge on any atom is -0.505 e. The second-order valence-corrected chi connectivity index (χ2v) is 6.82. The van der Waals surface area contributed by atoms with Crippen LogP contribution in [0.1, 0.15) is 30.4 Å². The van der Waals surface area contributed by atoms with Gasteiger partial charge in [0.2, 0.25) is 0 Å². The predicted octanol–water partition coefficient (Wildman–Crippen LogP) is 5.05. The van der Waals surface area contributed by atoms with Crippen LogP contribution in [0, 0.1) is 5.82 Å². The number of rotatable bonds is 1. The molecule has 1 aliphatic heterocycles. The van der Waals surface area contributed by atoms with Crippen LogP contribution in [0.5, 0.6) is 11.5 Å². The number of aromatic hydroxyl groups is 1. The number of ether oxygens (including phenoxy) is 1. The van der Waals surface area contributed by atoms with Crippen LogP contribution in [-0.4, -0.2) is 17.1 Å². The van der Waals surface area contributed by atoms with Gasteiger partial charge in [-0.2, -0.15) is 0 Å². The Morgan fingerprint density at radius 3 is 2.71 bits per heavy atom. The Hall–Kier alpha value is -1.88. The number of fused-ring (bicyclic) bond motifs is 3. The lowest BCUT2D eigenvalue weighted by Gasteiger charge is -2.41. The van der Waals surface area contributed by atoms with E-state index in [2.05, 4.69) is 0 Å². The molecule has 24 heavy (non-hydrogen) atoms. The van der Waals surface area contributed by atoms with E-state index in [0.717, 1.165) is 0 Å². The van der Waals surface area contributed by atoms with Gasteiger partial charge in [-0.1, -0.05) is 23.7 Å². The van der Waals surface area contributed by atoms with Crippen LogP contribution in [0.15, 0.2) is 36.4 Å². The van der Waals surface area contributed by atoms with Crippen molar-refractivity contribution in [2.75, 3.05) is 0 Å². The molecule has 0 saturated heterocycles. The minimum absolute atomic E-state index is 0.0889. The fourth-order valence-electron chi connectivity index (χ4n) is 3.96. The molecule has 2 aliphatic rings. The molecule has 1 aliphatic carbocycles. The summed E-state index contributed by atoms with van der Waals surface area (Å²) in [5.74, 6) is -3.65. The molecule has 2 nitrogen and oxygen atoms in total. The number of hydrogen-bond acceptors (Lipinski definition) is 2. The molecule has 2 aromatic carbocycles. The van der Waals surface area contributed by atoms with Crippen molar-refractivity contribution in [3.8, 4) is 11.5 Å². The predicted molar refractivity (Wildman–Crippen MR) is 83.5 cm³/mol. The summed E-state index contributed by atoms with van der Waals surface area (Å²) in [6, 6.07) is 9.04. The van der Waals surface area contributed by atoms with Crippen LogP contribution in [0.4, 0.5) is 13.2 Å². The van der Waals surface area contributed by atoms with Gasteiger partial charge in [-0.15, -0.1) is 0 Å². The van der Waals surface area contributed by atoms with E-state index in [9.17, 15) is 18.3 Å². The van der Waals surface area contributed by atoms with E-state index >= 15 is 0 Å². The Bertz CT molecular complexity index is 824. The van der Waals surface area contributed by atoms with E-state index < -0.39 is 35.4 Å². The summed E-state index contributed by atoms with van der Waals surface area (Å²) in [6.07, 6.45) is -1.54. The molecular formula is C18H14ClF3O2. The molecule has 0 radical (unpaired) electrons. The van der Waals surface area contributed by atoms with Gasteiger partial charge in [-0.25, -0.2) is 13.2 Å². The molecule has 0 spiro atoms. The van der Waals surface area contributed by atoms with Crippen molar-refractivity contribution in [3.05, 3.63) is 58.4 Å². The molecule has 0 amide bonds. The van der Waals surface area contributed by atoms with E-state index in [0.29, 0.717) is 21.9 Å². The monoisotopic (exact) mass is 354 g/mol. The summed E-state index contributed by atoms with van der Waals surface area (Å²) in [5.41, 5.74) is 0.173. The average Bonchev–Trinajstić information content (AvgIpc) is 2.84. The highest BCUT2D eigenvalue weighted by molar-refractivity contribution is 6.31. The van der Waals surface area contributed by atoms with Crippen molar-refractivity contribution in [2.45, 2.75) is 36.7 Å². The van der Waals surface area contributed by atoms with Crippen molar-refractivity contribution < 1.29 is 23.0 Å². The van der Waals surface area contributed by atoms with Gasteiger partial charge in [-0.3, -0.25) is 0 Å². The van der Waals surface area contributed by atoms with Gasteiger partial charge in [0.1, 0.15) is 11.9 Å². The van der Waals surface area contributed by atoms with Gasteiger partial charge in [-0.05, 0) is 36.2 Å². The van der Waals surface area contributed by atoms with E-state index in [1.165, 1.54) is 12.1 Å². The maximum atomic E-state index is 14.0. The number of phenols is 1. The summed E-state index contributed by atoms with van der Waals surface area (Å²) in [5, 5.41) is 9.87. The Morgan fingerprint density at radius 2 is 1.96 bits per heavy atom. The standard InChI is InChI=1S/C18H14ClF3O2/c19-11-2-1-3-14-16(11)18(10-4-5-13(23)12(20)8-10)7-6-17(21,22)9-15(18)24-14/h1-5,8,15,23H,6-7,9H2. The van der Waals surface area contributed by atoms with Gasteiger partial charge in [0.25, 0.3) is 5.92 Å². The molecule has 0 bridgehead atoms. The molecule has 2 unspecified atom stereocenters. The molecule has 4 rings (SSSR count). The summed E-state index contributed by atoms with van der Waals surface area (Å²) in [4.78, 5) is 0. The lowest BCUT2D eigenvalue weighted by atomic mass is 9.63. The number of hydrogen-bond donors (Lipinski definition) is 1. The van der Waals surface area contributed by atoms with Gasteiger partial charge in [0, 0.05) is 23.4 Å². The summed E-state index contributed by atoms with van der Waals surface area (Å²) >= 11 is 6.36. The lowest BCUT2D eigenvalue weighted by molar-refractivity contribution is -0.0830. The van der Waals surface area contributed by atoms with Gasteiger partial charge in [0.15, 0.2) is 11.6 Å². The van der Waals surface area contributed by atoms with Gasteiger partial charge >= 0.3 is 0 Å². The third-order valence-corrected chi connectivity index (χ3v) is 5.39. The number of phenolic OH excluding ortho intramolecular Hbond substituents is 1. The van der Waals surface area contributed by atoms with Crippen molar-refractivity contribution >= 4 is 11.6 Å². The highest BCUT2D eigenvalue weighted by Crippen LogP contribution is 2.58. The molecule has 1 N–H and O–H groups in total. The SMILES string of the molecule is Oc1ccc(C23CCC(F)(F)CC2Oc2cccc(Cl)c23)cc1F. The Morgan fingerprint density at radius 1 is 1.17 bits per heavy atom. The first-order valence-electron chi connectivity index (χ1n) is 7.66. The first-order valence-corrected chi connectivity index (χ1v) is 8.04. The number of benzene rings is 2. The summed E-state index contributed by atoms with van der Waals surface area (Å²) in [7, 11) is 0. The smallest absolute Gasteiger partial charge is 0.251 e. The topological polar surface area (TPSA) is 29.5 Å². The highest BCUT2D eigenvalue weighted by Gasteiger charge is 2.58. The van der Waals surface area contributed by atoms with Crippen LogP contribution < -0.4 is 4.74 Å². The van der Waals surface area contributed by atoms with Crippen molar-refractivity contribution in [1.82, 2.24) is 0 Å². The molecular weight excluding hydrogens is 341 g/mol. The first-order chi connectivity index (χ1) is 11.3. The molecule has 6 heteroatoms. The zero-order chi connectivity index (χ0) is 17.1. The quantitative estimate of drug-likeness (QED) is 0.776. The second-order valence-electron chi connectivity index (χ2n) is 6.42. The summed E-state index contributed by atoms with van der Waals surface area (Å²) < 4.78 is 47.7. The maximum absolute atomic E-state index is 14.0. The van der Waals surface area contributed by atoms with E-state index in [1.54, 1.807) is 24.3 Å². The minimum atomic E-state index is -2.84. The zero-order valence-corrected chi connectivity index (χ0v) is 13.3.